The van der Waals surface area contributed by atoms with Crippen LogP contribution in [0, 0.1) is 11.8 Å². The van der Waals surface area contributed by atoms with E-state index in [9.17, 15) is 14.4 Å². The van der Waals surface area contributed by atoms with Crippen LogP contribution in [-0.2, 0) is 23.7 Å². The first-order valence-corrected chi connectivity index (χ1v) is 21.8. The van der Waals surface area contributed by atoms with E-state index in [2.05, 4.69) is 42.9 Å². The number of aromatic nitrogens is 5. The summed E-state index contributed by atoms with van der Waals surface area (Å²) in [5.74, 6) is -2.37. The van der Waals surface area contributed by atoms with Crippen molar-refractivity contribution in [1.29, 1.82) is 0 Å². The Hall–Kier alpha value is -5.35. The van der Waals surface area contributed by atoms with Crippen LogP contribution in [0.15, 0.2) is 47.4 Å². The maximum Gasteiger partial charge on any atom is 0.301 e. The number of halogens is 3. The van der Waals surface area contributed by atoms with Crippen molar-refractivity contribution in [3.05, 3.63) is 69.2 Å². The van der Waals surface area contributed by atoms with Crippen LogP contribution in [0.5, 0.6) is 5.75 Å². The zero-order chi connectivity index (χ0) is 42.2. The fourth-order valence-electron chi connectivity index (χ4n) is 10.1. The Morgan fingerprint density at radius 2 is 1.75 bits per heavy atom. The second-order valence-electron chi connectivity index (χ2n) is 17.6. The van der Waals surface area contributed by atoms with Gasteiger partial charge in [0.2, 0.25) is 23.5 Å². The van der Waals surface area contributed by atoms with Gasteiger partial charge in [-0.25, -0.2) is 13.8 Å². The number of imide groups is 1. The third-order valence-corrected chi connectivity index (χ3v) is 13.8. The summed E-state index contributed by atoms with van der Waals surface area (Å²) in [6, 6.07) is 10.6. The molecule has 3 aromatic heterocycles. The first kappa shape index (κ1) is 39.8. The van der Waals surface area contributed by atoms with Crippen molar-refractivity contribution < 1.29 is 23.1 Å². The van der Waals surface area contributed by atoms with Gasteiger partial charge in [0.1, 0.15) is 5.02 Å². The molecule has 5 aliphatic rings. The smallest absolute Gasteiger partial charge is 0.301 e. The number of hydrogen-bond acceptors (Lipinski definition) is 11. The lowest BCUT2D eigenvalue weighted by molar-refractivity contribution is -0.134. The van der Waals surface area contributed by atoms with E-state index in [0.717, 1.165) is 75.0 Å². The number of carbonyl (C=O) groups excluding carboxylic acids is 2. The molecule has 2 amide bonds. The summed E-state index contributed by atoms with van der Waals surface area (Å²) in [6.07, 6.45) is 7.92. The number of ether oxygens (including phenoxy) is 1. The Kier molecular flexibility index (Phi) is 10.1. The van der Waals surface area contributed by atoms with Gasteiger partial charge in [-0.2, -0.15) is 10.1 Å². The van der Waals surface area contributed by atoms with Gasteiger partial charge in [-0.15, -0.1) is 0 Å². The van der Waals surface area contributed by atoms with Crippen molar-refractivity contribution in [2.24, 2.45) is 25.9 Å². The molecule has 14 nitrogen and oxygen atoms in total. The zero-order valence-electron chi connectivity index (χ0n) is 34.2. The number of para-hydroxylation sites is 1. The number of alkyl halides is 2. The van der Waals surface area contributed by atoms with Gasteiger partial charge in [-0.1, -0.05) is 29.8 Å². The van der Waals surface area contributed by atoms with E-state index in [1.165, 1.54) is 10.1 Å². The summed E-state index contributed by atoms with van der Waals surface area (Å²) in [6.45, 7) is 3.84. The topological polar surface area (TPSA) is 152 Å². The number of nitrogens with zero attached hydrogens (tertiary/aromatic N) is 7. The second kappa shape index (κ2) is 15.5. The van der Waals surface area contributed by atoms with Crippen LogP contribution in [0.3, 0.4) is 0 Å². The highest BCUT2D eigenvalue weighted by molar-refractivity contribution is 6.33. The molecule has 2 atom stereocenters. The van der Waals surface area contributed by atoms with E-state index in [0.29, 0.717) is 70.9 Å². The third kappa shape index (κ3) is 7.44. The Bertz CT molecular complexity index is 2610. The van der Waals surface area contributed by atoms with Crippen LogP contribution in [0.1, 0.15) is 74.5 Å². The lowest BCUT2D eigenvalue weighted by Gasteiger charge is -2.38. The van der Waals surface area contributed by atoms with Gasteiger partial charge in [-0.05, 0) is 99.6 Å². The van der Waals surface area contributed by atoms with Gasteiger partial charge in [0.15, 0.2) is 12.4 Å². The summed E-state index contributed by atoms with van der Waals surface area (Å²) < 4.78 is 39.2. The molecule has 3 N–H and O–H groups in total. The number of rotatable bonds is 8. The molecule has 1 saturated carbocycles. The predicted octanol–water partition coefficient (Wildman–Crippen LogP) is 6.45. The van der Waals surface area contributed by atoms with E-state index < -0.39 is 30.0 Å². The summed E-state index contributed by atoms with van der Waals surface area (Å²) >= 11 is 6.64. The van der Waals surface area contributed by atoms with Crippen molar-refractivity contribution in [1.82, 2.24) is 34.5 Å². The highest BCUT2D eigenvalue weighted by Gasteiger charge is 2.51. The summed E-state index contributed by atoms with van der Waals surface area (Å²) in [5.41, 5.74) is 4.12. The molecule has 0 bridgehead atoms. The molecule has 0 radical (unpaired) electrons. The van der Waals surface area contributed by atoms with Crippen LogP contribution >= 0.6 is 11.6 Å². The van der Waals surface area contributed by atoms with E-state index in [1.807, 2.05) is 29.9 Å². The van der Waals surface area contributed by atoms with Gasteiger partial charge >= 0.3 is 5.92 Å². The van der Waals surface area contributed by atoms with Crippen LogP contribution in [0.4, 0.5) is 31.9 Å². The predicted molar refractivity (Wildman–Crippen MR) is 229 cm³/mol. The number of pyridine rings is 1. The van der Waals surface area contributed by atoms with Gasteiger partial charge in [-0.3, -0.25) is 24.4 Å². The maximum absolute atomic E-state index is 15.2. The Morgan fingerprint density at radius 3 is 2.51 bits per heavy atom. The molecule has 3 saturated heterocycles. The number of hydrogen-bond donors (Lipinski definition) is 3. The molecule has 17 heteroatoms. The van der Waals surface area contributed by atoms with Crippen molar-refractivity contribution >= 4 is 68.4 Å². The fraction of sp³-hybridized carbons (Fsp3) is 0.500. The average molecular weight is 855 g/mol. The largest absolute Gasteiger partial charge is 0.480 e. The van der Waals surface area contributed by atoms with Crippen LogP contribution < -0.4 is 31.1 Å². The van der Waals surface area contributed by atoms with Gasteiger partial charge in [0, 0.05) is 56.6 Å². The lowest BCUT2D eigenvalue weighted by Crippen LogP contribution is -2.44. The minimum Gasteiger partial charge on any atom is -0.480 e. The molecule has 4 fully saturated rings. The first-order valence-electron chi connectivity index (χ1n) is 21.4. The van der Waals surface area contributed by atoms with E-state index >= 15 is 8.78 Å². The molecular formula is C44H49ClF2N10O4. The fourth-order valence-corrected chi connectivity index (χ4v) is 10.2. The molecule has 320 valence electrons. The van der Waals surface area contributed by atoms with Gasteiger partial charge in [0.05, 0.1) is 40.6 Å². The minimum absolute atomic E-state index is 0.104. The highest BCUT2D eigenvalue weighted by atomic mass is 35.5. The summed E-state index contributed by atoms with van der Waals surface area (Å²) in [7, 11) is 3.56. The van der Waals surface area contributed by atoms with E-state index in [4.69, 9.17) is 26.4 Å². The van der Waals surface area contributed by atoms with Crippen LogP contribution in [0.25, 0.3) is 21.8 Å². The Labute approximate surface area is 356 Å². The number of anilines is 4. The quantitative estimate of drug-likeness (QED) is 0.148. The van der Waals surface area contributed by atoms with E-state index in [1.54, 1.807) is 19.3 Å². The molecule has 0 spiro atoms. The number of fused-ring (bicyclic) bond motifs is 4. The van der Waals surface area contributed by atoms with Crippen molar-refractivity contribution in [2.45, 2.75) is 75.2 Å². The molecule has 5 aromatic rings. The number of aryl methyl sites for hydroxylation is 2. The number of piperidine rings is 3. The number of amides is 2. The minimum atomic E-state index is -3.13. The molecule has 1 aliphatic carbocycles. The van der Waals surface area contributed by atoms with Gasteiger partial charge < -0.3 is 29.7 Å². The first-order chi connectivity index (χ1) is 29.4. The lowest BCUT2D eigenvalue weighted by atomic mass is 9.86. The Balaban J connectivity index is 0.777. The number of nitrogens with one attached hydrogen (secondary N) is 3. The third-order valence-electron chi connectivity index (χ3n) is 13.5. The highest BCUT2D eigenvalue weighted by Crippen LogP contribution is 2.46. The Morgan fingerprint density at radius 1 is 0.967 bits per heavy atom. The van der Waals surface area contributed by atoms with Crippen LogP contribution in [0.2, 0.25) is 5.02 Å². The summed E-state index contributed by atoms with van der Waals surface area (Å²) in [5, 5.41) is 15.6. The van der Waals surface area contributed by atoms with Crippen molar-refractivity contribution in [3.8, 4) is 5.75 Å². The molecular weight excluding hydrogens is 806 g/mol. The van der Waals surface area contributed by atoms with E-state index in [-0.39, 0.29) is 29.2 Å². The molecule has 10 rings (SSSR count). The number of likely N-dealkylation sites (tertiary alicyclic amines) is 1. The molecule has 2 aromatic carbocycles. The maximum atomic E-state index is 15.2. The average Bonchev–Trinajstić information content (AvgIpc) is 4.05. The standard InChI is InChI=1S/C44H49ClF2N10O4/c1-54-33-10-8-27(20-31(33)36-38(42(54)60)61-23-44(46,47)39(51-36)26-6-7-26)49-40-32(45)21-48-43(52-40)57-18-12-24(13-19-57)22-56-16-14-25(15-17-56)28-4-3-5-29-35(53-55(2)37(28)29)30-9-11-34(58)50-41(30)59/h3-5,8,10,20-21,24-26,30,39,51H,6-7,9,11-19,22-23H2,1-2H3,(H,48,49,52)(H,50,58,59). The number of carbonyl (C=O) groups is 2. The van der Waals surface area contributed by atoms with Crippen LogP contribution in [-0.4, -0.2) is 92.3 Å². The normalized spacial score (nSPS) is 22.7. The molecule has 61 heavy (non-hydrogen) atoms. The zero-order valence-corrected chi connectivity index (χ0v) is 35.0. The van der Waals surface area contributed by atoms with Crippen molar-refractivity contribution in [2.75, 3.05) is 54.9 Å². The number of benzene rings is 2. The molecule has 4 aliphatic heterocycles. The monoisotopic (exact) mass is 854 g/mol. The summed E-state index contributed by atoms with van der Waals surface area (Å²) in [4.78, 5) is 52.0. The molecule has 2 unspecified atom stereocenters. The molecule has 7 heterocycles. The SMILES string of the molecule is Cn1nc(C2CCC(=O)NC2=O)c2cccc(C3CCN(CC4CCN(c5ncc(Cl)c(Nc6ccc7c(c6)c6c(c(=O)n7C)OCC(F)(F)C(C7CC7)N6)n5)CC4)CC3)c21. The second-order valence-corrected chi connectivity index (χ2v) is 18.0. The van der Waals surface area contributed by atoms with Gasteiger partial charge in [0.25, 0.3) is 5.56 Å². The van der Waals surface area contributed by atoms with Crippen molar-refractivity contribution in [3.63, 3.8) is 0 Å².